The number of hydrogen-bond donors (Lipinski definition) is 0. The van der Waals surface area contributed by atoms with E-state index in [4.69, 9.17) is 9.47 Å². The molecule has 0 aromatic rings. The molecule has 3 unspecified atom stereocenters. The van der Waals surface area contributed by atoms with Gasteiger partial charge in [-0.2, -0.15) is 0 Å². The molecule has 0 saturated heterocycles. The molecule has 0 radical (unpaired) electrons. The number of esters is 4. The van der Waals surface area contributed by atoms with Crippen molar-refractivity contribution < 1.29 is 38.1 Å². The largest absolute Gasteiger partial charge is 0.469 e. The van der Waals surface area contributed by atoms with Crippen LogP contribution in [0, 0.1) is 22.7 Å². The SMILES string of the molecule is COC(=O)C1C(C(=O)OC)[C@](C)(C(=O)OC)C1(C)C(=O)OC. The maximum atomic E-state index is 12.2. The van der Waals surface area contributed by atoms with E-state index in [-0.39, 0.29) is 0 Å². The highest BCUT2D eigenvalue weighted by Gasteiger charge is 2.80. The number of carbonyl (C=O) groups excluding carboxylic acids is 4. The summed E-state index contributed by atoms with van der Waals surface area (Å²) in [4.78, 5) is 48.6. The standard InChI is InChI=1S/C14H20O8/c1-13(11(17)21-5)7(9(15)19-3)8(10(16)20-4)14(13,2)12(18)22-6/h7-8H,1-6H3/t7?,8?,13-,14?/m1/s1. The number of methoxy groups -OCH3 is 4. The van der Waals surface area contributed by atoms with E-state index in [1.165, 1.54) is 13.8 Å². The summed E-state index contributed by atoms with van der Waals surface area (Å²) in [6.07, 6.45) is 0. The molecule has 1 rings (SSSR count). The van der Waals surface area contributed by atoms with Gasteiger partial charge in [-0.05, 0) is 13.8 Å². The van der Waals surface area contributed by atoms with Crippen LogP contribution >= 0.6 is 0 Å². The Morgan fingerprint density at radius 2 is 0.909 bits per heavy atom. The average Bonchev–Trinajstić information content (AvgIpc) is 2.54. The molecule has 1 aliphatic carbocycles. The van der Waals surface area contributed by atoms with Crippen LogP contribution in [-0.2, 0) is 38.1 Å². The molecule has 0 spiro atoms. The van der Waals surface area contributed by atoms with Crippen molar-refractivity contribution in [3.63, 3.8) is 0 Å². The molecule has 0 aromatic heterocycles. The highest BCUT2D eigenvalue weighted by Crippen LogP contribution is 2.66. The summed E-state index contributed by atoms with van der Waals surface area (Å²) in [5.74, 6) is -5.63. The molecular formula is C14H20O8. The van der Waals surface area contributed by atoms with Crippen LogP contribution in [0.1, 0.15) is 13.8 Å². The van der Waals surface area contributed by atoms with Gasteiger partial charge in [-0.1, -0.05) is 0 Å². The fourth-order valence-corrected chi connectivity index (χ4v) is 3.32. The molecule has 1 fully saturated rings. The Labute approximate surface area is 128 Å². The fraction of sp³-hybridized carbons (Fsp3) is 0.714. The molecule has 124 valence electrons. The second kappa shape index (κ2) is 5.94. The van der Waals surface area contributed by atoms with Gasteiger partial charge in [-0.15, -0.1) is 0 Å². The fourth-order valence-electron chi connectivity index (χ4n) is 3.32. The van der Waals surface area contributed by atoms with Crippen LogP contribution in [-0.4, -0.2) is 52.3 Å². The van der Waals surface area contributed by atoms with Gasteiger partial charge in [0, 0.05) is 0 Å². The van der Waals surface area contributed by atoms with Crippen LogP contribution in [0.3, 0.4) is 0 Å². The lowest BCUT2D eigenvalue weighted by atomic mass is 9.39. The van der Waals surface area contributed by atoms with Crippen molar-refractivity contribution in [2.24, 2.45) is 22.7 Å². The molecule has 1 aliphatic rings. The van der Waals surface area contributed by atoms with Crippen molar-refractivity contribution in [2.45, 2.75) is 13.8 Å². The van der Waals surface area contributed by atoms with Crippen LogP contribution in [0.4, 0.5) is 0 Å². The maximum Gasteiger partial charge on any atom is 0.313 e. The lowest BCUT2D eigenvalue weighted by molar-refractivity contribution is -0.237. The minimum absolute atomic E-state index is 0.801. The quantitative estimate of drug-likeness (QED) is 0.524. The Morgan fingerprint density at radius 1 is 0.636 bits per heavy atom. The zero-order chi connectivity index (χ0) is 17.3. The van der Waals surface area contributed by atoms with Gasteiger partial charge in [0.05, 0.1) is 51.1 Å². The van der Waals surface area contributed by atoms with E-state index in [1.54, 1.807) is 0 Å². The lowest BCUT2D eigenvalue weighted by Gasteiger charge is -2.59. The predicted molar refractivity (Wildman–Crippen MR) is 71.3 cm³/mol. The molecule has 1 saturated carbocycles. The van der Waals surface area contributed by atoms with Crippen molar-refractivity contribution in [3.8, 4) is 0 Å². The van der Waals surface area contributed by atoms with E-state index in [0.29, 0.717) is 0 Å². The summed E-state index contributed by atoms with van der Waals surface area (Å²) in [5.41, 5.74) is -3.22. The first-order valence-electron chi connectivity index (χ1n) is 6.50. The lowest BCUT2D eigenvalue weighted by Crippen LogP contribution is -2.73. The first-order valence-corrected chi connectivity index (χ1v) is 6.50. The highest BCUT2D eigenvalue weighted by molar-refractivity contribution is 6.02. The summed E-state index contributed by atoms with van der Waals surface area (Å²) >= 11 is 0. The van der Waals surface area contributed by atoms with Crippen molar-refractivity contribution in [3.05, 3.63) is 0 Å². The summed E-state index contributed by atoms with van der Waals surface area (Å²) in [7, 11) is 4.51. The van der Waals surface area contributed by atoms with Gasteiger partial charge in [0.2, 0.25) is 0 Å². The summed E-state index contributed by atoms with van der Waals surface area (Å²) in [6, 6.07) is 0. The van der Waals surface area contributed by atoms with Crippen LogP contribution in [0.15, 0.2) is 0 Å². The molecule has 4 atom stereocenters. The van der Waals surface area contributed by atoms with Gasteiger partial charge in [0.25, 0.3) is 0 Å². The summed E-state index contributed by atoms with van der Waals surface area (Å²) in [5, 5.41) is 0. The Bertz CT molecular complexity index is 467. The number of rotatable bonds is 4. The topological polar surface area (TPSA) is 105 Å². The number of carbonyl (C=O) groups is 4. The van der Waals surface area contributed by atoms with Crippen molar-refractivity contribution in [1.29, 1.82) is 0 Å². The van der Waals surface area contributed by atoms with Crippen molar-refractivity contribution in [2.75, 3.05) is 28.4 Å². The minimum atomic E-state index is -1.61. The molecule has 0 heterocycles. The Balaban J connectivity index is 3.54. The van der Waals surface area contributed by atoms with E-state index >= 15 is 0 Å². The molecule has 22 heavy (non-hydrogen) atoms. The Morgan fingerprint density at radius 3 is 1.09 bits per heavy atom. The van der Waals surface area contributed by atoms with Crippen LogP contribution < -0.4 is 0 Å². The third kappa shape index (κ3) is 1.97. The monoisotopic (exact) mass is 316 g/mol. The Kier molecular flexibility index (Phi) is 4.84. The molecular weight excluding hydrogens is 296 g/mol. The van der Waals surface area contributed by atoms with E-state index < -0.39 is 46.5 Å². The van der Waals surface area contributed by atoms with Crippen LogP contribution in [0.5, 0.6) is 0 Å². The van der Waals surface area contributed by atoms with Gasteiger partial charge in [-0.3, -0.25) is 19.2 Å². The zero-order valence-corrected chi connectivity index (χ0v) is 13.4. The van der Waals surface area contributed by atoms with E-state index in [2.05, 4.69) is 9.47 Å². The Hall–Kier alpha value is -2.12. The second-order valence-electron chi connectivity index (χ2n) is 5.39. The molecule has 0 N–H and O–H groups in total. The summed E-state index contributed by atoms with van der Waals surface area (Å²) in [6.45, 7) is 2.74. The van der Waals surface area contributed by atoms with Crippen LogP contribution in [0.25, 0.3) is 0 Å². The molecule has 0 aliphatic heterocycles. The third-order valence-electron chi connectivity index (χ3n) is 4.79. The van der Waals surface area contributed by atoms with E-state index in [9.17, 15) is 19.2 Å². The molecule has 0 bridgehead atoms. The van der Waals surface area contributed by atoms with Crippen molar-refractivity contribution in [1.82, 2.24) is 0 Å². The minimum Gasteiger partial charge on any atom is -0.469 e. The molecule has 0 amide bonds. The van der Waals surface area contributed by atoms with Crippen molar-refractivity contribution >= 4 is 23.9 Å². The summed E-state index contributed by atoms with van der Waals surface area (Å²) < 4.78 is 18.8. The zero-order valence-electron chi connectivity index (χ0n) is 13.4. The molecule has 8 heteroatoms. The maximum absolute atomic E-state index is 12.2. The average molecular weight is 316 g/mol. The number of ether oxygens (including phenoxy) is 4. The second-order valence-corrected chi connectivity index (χ2v) is 5.39. The third-order valence-corrected chi connectivity index (χ3v) is 4.79. The normalized spacial score (nSPS) is 33.2. The number of hydrogen-bond acceptors (Lipinski definition) is 8. The first-order chi connectivity index (χ1) is 10.2. The molecule has 0 aromatic carbocycles. The van der Waals surface area contributed by atoms with Gasteiger partial charge in [-0.25, -0.2) is 0 Å². The van der Waals surface area contributed by atoms with Crippen LogP contribution in [0.2, 0.25) is 0 Å². The smallest absolute Gasteiger partial charge is 0.313 e. The first kappa shape index (κ1) is 17.9. The predicted octanol–water partition coefficient (Wildman–Crippen LogP) is -0.0630. The van der Waals surface area contributed by atoms with E-state index in [1.807, 2.05) is 0 Å². The molecule has 8 nitrogen and oxygen atoms in total. The van der Waals surface area contributed by atoms with E-state index in [0.717, 1.165) is 28.4 Å². The van der Waals surface area contributed by atoms with Gasteiger partial charge >= 0.3 is 23.9 Å². The van der Waals surface area contributed by atoms with Gasteiger partial charge < -0.3 is 18.9 Å². The highest BCUT2D eigenvalue weighted by atomic mass is 16.5. The van der Waals surface area contributed by atoms with Gasteiger partial charge in [0.1, 0.15) is 0 Å². The van der Waals surface area contributed by atoms with Gasteiger partial charge in [0.15, 0.2) is 0 Å².